The predicted octanol–water partition coefficient (Wildman–Crippen LogP) is 3.46. The van der Waals surface area contributed by atoms with E-state index in [-0.39, 0.29) is 18.8 Å². The normalized spacial score (nSPS) is 13.0. The molecule has 158 valence electrons. The van der Waals surface area contributed by atoms with E-state index in [9.17, 15) is 4.79 Å². The monoisotopic (exact) mass is 429 g/mol. The fourth-order valence-electron chi connectivity index (χ4n) is 3.31. The maximum atomic E-state index is 10.9. The van der Waals surface area contributed by atoms with Crippen molar-refractivity contribution in [3.63, 3.8) is 0 Å². The highest BCUT2D eigenvalue weighted by Gasteiger charge is 2.26. The second kappa shape index (κ2) is 7.60. The summed E-state index contributed by atoms with van der Waals surface area (Å²) in [7, 11) is 0. The Morgan fingerprint density at radius 2 is 2.07 bits per heavy atom. The van der Waals surface area contributed by atoms with Crippen LogP contribution in [0.1, 0.15) is 26.3 Å². The lowest BCUT2D eigenvalue weighted by molar-refractivity contribution is 0.174. The molecule has 0 bridgehead atoms. The van der Waals surface area contributed by atoms with Gasteiger partial charge in [-0.05, 0) is 29.2 Å². The molecule has 0 atom stereocenters. The number of rotatable bonds is 5. The van der Waals surface area contributed by atoms with Crippen LogP contribution in [0.3, 0.4) is 0 Å². The molecule has 4 N–H and O–H groups in total. The molecule has 0 aliphatic carbocycles. The van der Waals surface area contributed by atoms with Crippen LogP contribution in [-0.2, 0) is 12.0 Å². The number of nitrogen functional groups attached to an aromatic ring is 1. The maximum absolute atomic E-state index is 10.9. The quantitative estimate of drug-likeness (QED) is 0.563. The van der Waals surface area contributed by atoms with Crippen LogP contribution in [0, 0.1) is 0 Å². The molecular formula is C20H23N5O4S. The van der Waals surface area contributed by atoms with Crippen LogP contribution >= 0.6 is 11.8 Å². The topological polar surface area (TPSA) is 125 Å². The predicted molar refractivity (Wildman–Crippen MR) is 113 cm³/mol. The summed E-state index contributed by atoms with van der Waals surface area (Å²) in [6, 6.07) is 5.81. The van der Waals surface area contributed by atoms with Gasteiger partial charge < -0.3 is 30.2 Å². The minimum absolute atomic E-state index is 0.133. The molecule has 1 aliphatic rings. The number of pyridine rings is 1. The summed E-state index contributed by atoms with van der Waals surface area (Å²) >= 11 is 1.48. The van der Waals surface area contributed by atoms with Crippen LogP contribution in [-0.4, -0.2) is 39.1 Å². The largest absolute Gasteiger partial charge is 0.465 e. The van der Waals surface area contributed by atoms with E-state index >= 15 is 0 Å². The number of anilines is 1. The lowest BCUT2D eigenvalue weighted by atomic mass is 9.87. The van der Waals surface area contributed by atoms with Crippen LogP contribution in [0.25, 0.3) is 11.0 Å². The number of hydrogen-bond donors (Lipinski definition) is 3. The summed E-state index contributed by atoms with van der Waals surface area (Å²) in [5.74, 6) is 1.76. The van der Waals surface area contributed by atoms with Crippen LogP contribution in [0.15, 0.2) is 34.4 Å². The van der Waals surface area contributed by atoms with Crippen molar-refractivity contribution in [3.8, 4) is 11.5 Å². The van der Waals surface area contributed by atoms with Crippen molar-refractivity contribution >= 4 is 34.7 Å². The SMILES string of the molecule is CC(C)(C)c1cc2c(cc1Sc1nc3c(N)nccc3n1CCNC(=O)O)OCO2. The van der Waals surface area contributed by atoms with Crippen molar-refractivity contribution in [2.24, 2.45) is 0 Å². The molecule has 10 heteroatoms. The second-order valence-electron chi connectivity index (χ2n) is 7.90. The number of benzene rings is 1. The Labute approximate surface area is 177 Å². The van der Waals surface area contributed by atoms with Crippen molar-refractivity contribution in [2.75, 3.05) is 19.1 Å². The van der Waals surface area contributed by atoms with Gasteiger partial charge in [0.15, 0.2) is 22.5 Å². The Kier molecular flexibility index (Phi) is 5.10. The van der Waals surface area contributed by atoms with Crippen LogP contribution in [0.2, 0.25) is 0 Å². The first-order chi connectivity index (χ1) is 14.2. The van der Waals surface area contributed by atoms with Crippen LogP contribution < -0.4 is 20.5 Å². The maximum Gasteiger partial charge on any atom is 0.404 e. The molecular weight excluding hydrogens is 406 g/mol. The Morgan fingerprint density at radius 3 is 2.77 bits per heavy atom. The lowest BCUT2D eigenvalue weighted by Crippen LogP contribution is -2.25. The Hall–Kier alpha value is -3.14. The van der Waals surface area contributed by atoms with Crippen LogP contribution in [0.4, 0.5) is 10.6 Å². The van der Waals surface area contributed by atoms with Crippen molar-refractivity contribution in [1.29, 1.82) is 0 Å². The Morgan fingerprint density at radius 1 is 1.33 bits per heavy atom. The summed E-state index contributed by atoms with van der Waals surface area (Å²) in [4.78, 5) is 20.7. The number of amides is 1. The highest BCUT2D eigenvalue weighted by molar-refractivity contribution is 7.99. The average molecular weight is 430 g/mol. The van der Waals surface area contributed by atoms with Gasteiger partial charge in [-0.15, -0.1) is 0 Å². The number of nitrogens with two attached hydrogens (primary N) is 1. The van der Waals surface area contributed by atoms with Gasteiger partial charge in [-0.25, -0.2) is 14.8 Å². The number of fused-ring (bicyclic) bond motifs is 2. The molecule has 1 amide bonds. The summed E-state index contributed by atoms with van der Waals surface area (Å²) in [6.07, 6.45) is 0.552. The Balaban J connectivity index is 1.78. The fraction of sp³-hybridized carbons (Fsp3) is 0.350. The van der Waals surface area contributed by atoms with Gasteiger partial charge in [-0.2, -0.15) is 0 Å². The molecule has 0 fully saturated rings. The van der Waals surface area contributed by atoms with E-state index < -0.39 is 6.09 Å². The lowest BCUT2D eigenvalue weighted by Gasteiger charge is -2.23. The third kappa shape index (κ3) is 3.82. The molecule has 0 spiro atoms. The molecule has 0 saturated carbocycles. The zero-order valence-corrected chi connectivity index (χ0v) is 17.7. The summed E-state index contributed by atoms with van der Waals surface area (Å²) in [5, 5.41) is 12.0. The third-order valence-electron chi connectivity index (χ3n) is 4.76. The van der Waals surface area contributed by atoms with Crippen LogP contribution in [0.5, 0.6) is 11.5 Å². The van der Waals surface area contributed by atoms with E-state index in [1.807, 2.05) is 22.8 Å². The Bertz CT molecular complexity index is 1120. The van der Waals surface area contributed by atoms with E-state index in [4.69, 9.17) is 25.3 Å². The molecule has 0 radical (unpaired) electrons. The summed E-state index contributed by atoms with van der Waals surface area (Å²) < 4.78 is 13.1. The molecule has 4 rings (SSSR count). The van der Waals surface area contributed by atoms with Crippen molar-refractivity contribution in [3.05, 3.63) is 30.0 Å². The number of nitrogens with zero attached hydrogens (tertiary/aromatic N) is 3. The highest BCUT2D eigenvalue weighted by atomic mass is 32.2. The number of carboxylic acid groups (broad SMARTS) is 1. The zero-order valence-electron chi connectivity index (χ0n) is 16.9. The zero-order chi connectivity index (χ0) is 21.5. The van der Waals surface area contributed by atoms with Gasteiger partial charge >= 0.3 is 6.09 Å². The number of ether oxygens (including phenoxy) is 2. The van der Waals surface area contributed by atoms with Gasteiger partial charge in [-0.3, -0.25) is 0 Å². The van der Waals surface area contributed by atoms with Gasteiger partial charge in [0, 0.05) is 24.2 Å². The number of hydrogen-bond acceptors (Lipinski definition) is 7. The smallest absolute Gasteiger partial charge is 0.404 e. The first-order valence-corrected chi connectivity index (χ1v) is 10.2. The first-order valence-electron chi connectivity index (χ1n) is 9.43. The minimum atomic E-state index is -1.07. The molecule has 1 aromatic carbocycles. The number of nitrogens with one attached hydrogen (secondary N) is 1. The van der Waals surface area contributed by atoms with Crippen molar-refractivity contribution < 1.29 is 19.4 Å². The van der Waals surface area contributed by atoms with E-state index in [2.05, 4.69) is 31.1 Å². The van der Waals surface area contributed by atoms with Gasteiger partial charge in [-0.1, -0.05) is 32.5 Å². The molecule has 0 unspecified atom stereocenters. The second-order valence-corrected chi connectivity index (χ2v) is 8.90. The average Bonchev–Trinajstić information content (AvgIpc) is 3.25. The van der Waals surface area contributed by atoms with Crippen molar-refractivity contribution in [1.82, 2.24) is 19.9 Å². The highest BCUT2D eigenvalue weighted by Crippen LogP contribution is 2.44. The molecule has 2 aromatic heterocycles. The van der Waals surface area contributed by atoms with Crippen molar-refractivity contribution in [2.45, 2.75) is 42.8 Å². The van der Waals surface area contributed by atoms with E-state index in [0.717, 1.165) is 21.7 Å². The standard InChI is InChI=1S/C20H23N5O4S/c1-20(2,3)11-8-13-14(29-10-28-13)9-15(11)30-18-24-16-12(4-5-22-17(16)21)25(18)7-6-23-19(26)27/h4-5,8-9,23H,6-7,10H2,1-3H3,(H2,21,22)(H,26,27). The summed E-state index contributed by atoms with van der Waals surface area (Å²) in [6.45, 7) is 7.26. The number of aromatic nitrogens is 3. The first kappa shape index (κ1) is 20.1. The van der Waals surface area contributed by atoms with Gasteiger partial charge in [0.05, 0.1) is 5.52 Å². The van der Waals surface area contributed by atoms with Gasteiger partial charge in [0.25, 0.3) is 0 Å². The minimum Gasteiger partial charge on any atom is -0.465 e. The molecule has 1 aliphatic heterocycles. The third-order valence-corrected chi connectivity index (χ3v) is 5.81. The molecule has 9 nitrogen and oxygen atoms in total. The number of carbonyl (C=O) groups is 1. The fourth-order valence-corrected chi connectivity index (χ4v) is 4.59. The number of imidazole rings is 1. The molecule has 0 saturated heterocycles. The molecule has 30 heavy (non-hydrogen) atoms. The molecule has 3 heterocycles. The van der Waals surface area contributed by atoms with E-state index in [1.54, 1.807) is 6.20 Å². The summed E-state index contributed by atoms with van der Waals surface area (Å²) in [5.41, 5.74) is 8.40. The van der Waals surface area contributed by atoms with Gasteiger partial charge in [0.2, 0.25) is 6.79 Å². The molecule has 3 aromatic rings. The van der Waals surface area contributed by atoms with Gasteiger partial charge in [0.1, 0.15) is 5.52 Å². The van der Waals surface area contributed by atoms with E-state index in [1.165, 1.54) is 11.8 Å². The van der Waals surface area contributed by atoms with E-state index in [0.29, 0.717) is 28.8 Å².